The summed E-state index contributed by atoms with van der Waals surface area (Å²) in [5.41, 5.74) is 1.14. The molecular formula is C16H27N3O2. The maximum absolute atomic E-state index is 5.92. The Balaban J connectivity index is 2.41. The molecule has 0 heterocycles. The number of aryl methyl sites for hydroxylation is 1. The van der Waals surface area contributed by atoms with Crippen molar-refractivity contribution < 1.29 is 9.47 Å². The average molecular weight is 293 g/mol. The molecule has 0 saturated carbocycles. The highest BCUT2D eigenvalue weighted by atomic mass is 16.5. The Hall–Kier alpha value is -1.75. The molecule has 0 amide bonds. The summed E-state index contributed by atoms with van der Waals surface area (Å²) in [5, 5.41) is 6.51. The lowest BCUT2D eigenvalue weighted by atomic mass is 10.2. The highest BCUT2D eigenvalue weighted by Gasteiger charge is 2.09. The van der Waals surface area contributed by atoms with Gasteiger partial charge in [-0.05, 0) is 32.4 Å². The van der Waals surface area contributed by atoms with E-state index in [4.69, 9.17) is 9.47 Å². The molecule has 1 aromatic carbocycles. The zero-order chi connectivity index (χ0) is 15.7. The average Bonchev–Trinajstić information content (AvgIpc) is 2.46. The van der Waals surface area contributed by atoms with E-state index in [0.29, 0.717) is 13.2 Å². The molecule has 2 N–H and O–H groups in total. The van der Waals surface area contributed by atoms with Crippen LogP contribution < -0.4 is 15.4 Å². The lowest BCUT2D eigenvalue weighted by molar-refractivity contribution is 0.178. The number of hydrogen-bond acceptors (Lipinski definition) is 3. The fourth-order valence-electron chi connectivity index (χ4n) is 1.91. The minimum Gasteiger partial charge on any atom is -0.489 e. The van der Waals surface area contributed by atoms with Crippen molar-refractivity contribution in [2.75, 3.05) is 27.3 Å². The number of aliphatic imine (C=N–C) groups is 1. The molecule has 0 fully saturated rings. The SMILES string of the molecule is CN=C(NCC(C)Oc1ccccc1C)NC(C)COC. The second kappa shape index (κ2) is 9.23. The molecule has 0 saturated heterocycles. The molecule has 1 aromatic rings. The highest BCUT2D eigenvalue weighted by molar-refractivity contribution is 5.79. The van der Waals surface area contributed by atoms with Gasteiger partial charge in [0.1, 0.15) is 11.9 Å². The standard InChI is InChI=1S/C16H27N3O2/c1-12-8-6-7-9-15(12)21-14(3)10-18-16(17-4)19-13(2)11-20-5/h6-9,13-14H,10-11H2,1-5H3,(H2,17,18,19). The van der Waals surface area contributed by atoms with Gasteiger partial charge in [0.15, 0.2) is 5.96 Å². The molecule has 0 aliphatic carbocycles. The number of methoxy groups -OCH3 is 1. The first-order chi connectivity index (χ1) is 10.1. The molecule has 5 heteroatoms. The fourth-order valence-corrected chi connectivity index (χ4v) is 1.91. The normalized spacial score (nSPS) is 14.4. The third-order valence-electron chi connectivity index (χ3n) is 3.00. The molecule has 0 bridgehead atoms. The van der Waals surface area contributed by atoms with Gasteiger partial charge >= 0.3 is 0 Å². The van der Waals surface area contributed by atoms with E-state index in [2.05, 4.69) is 15.6 Å². The number of guanidine groups is 1. The molecular weight excluding hydrogens is 266 g/mol. The Morgan fingerprint density at radius 2 is 2.00 bits per heavy atom. The van der Waals surface area contributed by atoms with Crippen LogP contribution in [0.2, 0.25) is 0 Å². The summed E-state index contributed by atoms with van der Waals surface area (Å²) in [4.78, 5) is 4.19. The maximum Gasteiger partial charge on any atom is 0.191 e. The maximum atomic E-state index is 5.92. The first kappa shape index (κ1) is 17.3. The largest absolute Gasteiger partial charge is 0.489 e. The molecule has 0 aliphatic rings. The third kappa shape index (κ3) is 6.49. The Bertz CT molecular complexity index is 449. The van der Waals surface area contributed by atoms with Crippen LogP contribution in [0.4, 0.5) is 0 Å². The molecule has 0 aliphatic heterocycles. The quantitative estimate of drug-likeness (QED) is 0.596. The van der Waals surface area contributed by atoms with Crippen LogP contribution in [-0.2, 0) is 4.74 Å². The summed E-state index contributed by atoms with van der Waals surface area (Å²) in [6.45, 7) is 7.43. The van der Waals surface area contributed by atoms with Crippen LogP contribution in [0.25, 0.3) is 0 Å². The van der Waals surface area contributed by atoms with Crippen molar-refractivity contribution in [2.24, 2.45) is 4.99 Å². The summed E-state index contributed by atoms with van der Waals surface area (Å²) >= 11 is 0. The van der Waals surface area contributed by atoms with Gasteiger partial charge in [-0.3, -0.25) is 4.99 Å². The summed E-state index contributed by atoms with van der Waals surface area (Å²) < 4.78 is 11.0. The topological polar surface area (TPSA) is 54.9 Å². The molecule has 1 rings (SSSR count). The molecule has 2 atom stereocenters. The van der Waals surface area contributed by atoms with Gasteiger partial charge in [0, 0.05) is 20.2 Å². The van der Waals surface area contributed by atoms with E-state index < -0.39 is 0 Å². The van der Waals surface area contributed by atoms with Crippen molar-refractivity contribution >= 4 is 5.96 Å². The van der Waals surface area contributed by atoms with Crippen molar-refractivity contribution in [1.29, 1.82) is 0 Å². The van der Waals surface area contributed by atoms with Crippen LogP contribution in [0.5, 0.6) is 5.75 Å². The van der Waals surface area contributed by atoms with Crippen LogP contribution in [-0.4, -0.2) is 45.4 Å². The van der Waals surface area contributed by atoms with Gasteiger partial charge < -0.3 is 20.1 Å². The van der Waals surface area contributed by atoms with Crippen molar-refractivity contribution in [1.82, 2.24) is 10.6 Å². The van der Waals surface area contributed by atoms with E-state index >= 15 is 0 Å². The summed E-state index contributed by atoms with van der Waals surface area (Å²) in [6.07, 6.45) is 0.0439. The van der Waals surface area contributed by atoms with Crippen LogP contribution in [0.15, 0.2) is 29.3 Å². The van der Waals surface area contributed by atoms with Crippen LogP contribution in [0.3, 0.4) is 0 Å². The van der Waals surface area contributed by atoms with E-state index in [9.17, 15) is 0 Å². The summed E-state index contributed by atoms with van der Waals surface area (Å²) in [6, 6.07) is 8.22. The Labute approximate surface area is 127 Å². The molecule has 2 unspecified atom stereocenters. The number of benzene rings is 1. The first-order valence-electron chi connectivity index (χ1n) is 7.25. The second-order valence-electron chi connectivity index (χ2n) is 5.15. The fraction of sp³-hybridized carbons (Fsp3) is 0.562. The monoisotopic (exact) mass is 293 g/mol. The summed E-state index contributed by atoms with van der Waals surface area (Å²) in [7, 11) is 3.44. The van der Waals surface area contributed by atoms with Gasteiger partial charge in [-0.1, -0.05) is 18.2 Å². The zero-order valence-electron chi connectivity index (χ0n) is 13.6. The third-order valence-corrected chi connectivity index (χ3v) is 3.00. The lowest BCUT2D eigenvalue weighted by Gasteiger charge is -2.20. The van der Waals surface area contributed by atoms with Crippen molar-refractivity contribution in [3.05, 3.63) is 29.8 Å². The molecule has 0 radical (unpaired) electrons. The smallest absolute Gasteiger partial charge is 0.191 e. The predicted molar refractivity (Wildman–Crippen MR) is 87.1 cm³/mol. The van der Waals surface area contributed by atoms with Gasteiger partial charge in [0.25, 0.3) is 0 Å². The molecule has 5 nitrogen and oxygen atoms in total. The van der Waals surface area contributed by atoms with Gasteiger partial charge in [0.05, 0.1) is 13.2 Å². The number of nitrogens with zero attached hydrogens (tertiary/aromatic N) is 1. The lowest BCUT2D eigenvalue weighted by Crippen LogP contribution is -2.46. The first-order valence-corrected chi connectivity index (χ1v) is 7.25. The number of ether oxygens (including phenoxy) is 2. The molecule has 0 aromatic heterocycles. The van der Waals surface area contributed by atoms with E-state index in [-0.39, 0.29) is 12.1 Å². The zero-order valence-corrected chi connectivity index (χ0v) is 13.6. The van der Waals surface area contributed by atoms with Crippen LogP contribution >= 0.6 is 0 Å². The number of nitrogens with one attached hydrogen (secondary N) is 2. The van der Waals surface area contributed by atoms with E-state index in [1.165, 1.54) is 0 Å². The van der Waals surface area contributed by atoms with Crippen molar-refractivity contribution in [3.8, 4) is 5.75 Å². The van der Waals surface area contributed by atoms with Gasteiger partial charge in [-0.2, -0.15) is 0 Å². The van der Waals surface area contributed by atoms with E-state index in [0.717, 1.165) is 17.3 Å². The summed E-state index contributed by atoms with van der Waals surface area (Å²) in [5.74, 6) is 1.67. The molecule has 21 heavy (non-hydrogen) atoms. The van der Waals surface area contributed by atoms with E-state index in [1.54, 1.807) is 14.2 Å². The molecule has 0 spiro atoms. The molecule has 118 valence electrons. The van der Waals surface area contributed by atoms with E-state index in [1.807, 2.05) is 45.0 Å². The Morgan fingerprint density at radius 1 is 1.29 bits per heavy atom. The van der Waals surface area contributed by atoms with Crippen LogP contribution in [0.1, 0.15) is 19.4 Å². The van der Waals surface area contributed by atoms with Gasteiger partial charge in [0.2, 0.25) is 0 Å². The van der Waals surface area contributed by atoms with Crippen molar-refractivity contribution in [3.63, 3.8) is 0 Å². The number of hydrogen-bond donors (Lipinski definition) is 2. The Kier molecular flexibility index (Phi) is 7.61. The Morgan fingerprint density at radius 3 is 2.62 bits per heavy atom. The van der Waals surface area contributed by atoms with Crippen molar-refractivity contribution in [2.45, 2.75) is 32.9 Å². The van der Waals surface area contributed by atoms with Crippen LogP contribution in [0, 0.1) is 6.92 Å². The minimum absolute atomic E-state index is 0.0439. The number of para-hydroxylation sites is 1. The second-order valence-corrected chi connectivity index (χ2v) is 5.15. The van der Waals surface area contributed by atoms with Gasteiger partial charge in [-0.25, -0.2) is 0 Å². The number of rotatable bonds is 7. The van der Waals surface area contributed by atoms with Gasteiger partial charge in [-0.15, -0.1) is 0 Å². The highest BCUT2D eigenvalue weighted by Crippen LogP contribution is 2.17. The minimum atomic E-state index is 0.0439. The predicted octanol–water partition coefficient (Wildman–Crippen LogP) is 1.96.